The zero-order valence-corrected chi connectivity index (χ0v) is 8.67. The van der Waals surface area contributed by atoms with Gasteiger partial charge < -0.3 is 0 Å². The third kappa shape index (κ3) is 1.83. The number of hydrogen-bond donors (Lipinski definition) is 1. The fourth-order valence-corrected chi connectivity index (χ4v) is 3.06. The van der Waals surface area contributed by atoms with Gasteiger partial charge in [0.15, 0.2) is 5.78 Å². The molecule has 0 aliphatic carbocycles. The fourth-order valence-electron chi connectivity index (χ4n) is 1.65. The Morgan fingerprint density at radius 2 is 2.33 bits per heavy atom. The van der Waals surface area contributed by atoms with Gasteiger partial charge >= 0.3 is 0 Å². The van der Waals surface area contributed by atoms with Crippen molar-refractivity contribution in [3.8, 4) is 0 Å². The highest BCUT2D eigenvalue weighted by atomic mass is 32.2. The molecule has 1 heterocycles. The Morgan fingerprint density at radius 3 is 2.75 bits per heavy atom. The van der Waals surface area contributed by atoms with Gasteiger partial charge in [-0.3, -0.25) is 10.1 Å². The van der Waals surface area contributed by atoms with Crippen LogP contribution < -0.4 is 5.32 Å². The van der Waals surface area contributed by atoms with Crippen LogP contribution in [0.5, 0.6) is 0 Å². The molecule has 70 valence electrons. The Kier molecular flexibility index (Phi) is 3.59. The number of carbonyl (C=O) groups excluding carboxylic acids is 1. The predicted octanol–water partition coefficient (Wildman–Crippen LogP) is 1.80. The summed E-state index contributed by atoms with van der Waals surface area (Å²) in [5, 5.41) is 3.34. The van der Waals surface area contributed by atoms with Crippen molar-refractivity contribution in [3.05, 3.63) is 0 Å². The lowest BCUT2D eigenvalue weighted by Gasteiger charge is -2.25. The summed E-state index contributed by atoms with van der Waals surface area (Å²) in [4.78, 5) is 11.4. The number of Topliss-reactive ketones (excluding diaryl/α,β-unsaturated/α-hetero) is 1. The lowest BCUT2D eigenvalue weighted by atomic mass is 10.0. The highest BCUT2D eigenvalue weighted by Gasteiger charge is 2.39. The number of nitrogens with one attached hydrogen (secondary N) is 1. The average molecular weight is 187 g/mol. The molecule has 1 unspecified atom stereocenters. The van der Waals surface area contributed by atoms with Crippen LogP contribution in [0.15, 0.2) is 0 Å². The van der Waals surface area contributed by atoms with E-state index in [9.17, 15) is 4.79 Å². The Morgan fingerprint density at radius 1 is 1.58 bits per heavy atom. The predicted molar refractivity (Wildman–Crippen MR) is 53.4 cm³/mol. The van der Waals surface area contributed by atoms with Crippen LogP contribution in [0.1, 0.15) is 33.1 Å². The van der Waals surface area contributed by atoms with Gasteiger partial charge in [-0.15, -0.1) is 11.8 Å². The molecule has 0 bridgehead atoms. The van der Waals surface area contributed by atoms with Crippen molar-refractivity contribution in [2.24, 2.45) is 0 Å². The van der Waals surface area contributed by atoms with Crippen molar-refractivity contribution < 1.29 is 4.79 Å². The van der Waals surface area contributed by atoms with E-state index in [1.807, 2.05) is 6.92 Å². The second-order valence-corrected chi connectivity index (χ2v) is 4.52. The molecule has 0 radical (unpaired) electrons. The first-order chi connectivity index (χ1) is 5.75. The van der Waals surface area contributed by atoms with Gasteiger partial charge in [0.1, 0.15) is 4.87 Å². The molecule has 1 saturated heterocycles. The Bertz CT molecular complexity index is 164. The minimum absolute atomic E-state index is 0.219. The highest BCUT2D eigenvalue weighted by molar-refractivity contribution is 8.01. The van der Waals surface area contributed by atoms with Crippen LogP contribution >= 0.6 is 11.8 Å². The molecule has 1 fully saturated rings. The molecule has 0 spiro atoms. The first-order valence-electron chi connectivity index (χ1n) is 4.67. The van der Waals surface area contributed by atoms with E-state index < -0.39 is 0 Å². The molecule has 1 aliphatic heterocycles. The van der Waals surface area contributed by atoms with Gasteiger partial charge in [0.2, 0.25) is 0 Å². The molecule has 12 heavy (non-hydrogen) atoms. The number of rotatable bonds is 4. The van der Waals surface area contributed by atoms with Crippen LogP contribution in [0.25, 0.3) is 0 Å². The quantitative estimate of drug-likeness (QED) is 0.727. The van der Waals surface area contributed by atoms with Gasteiger partial charge in [-0.2, -0.15) is 0 Å². The summed E-state index contributed by atoms with van der Waals surface area (Å²) in [5.74, 6) is 1.44. The average Bonchev–Trinajstić information content (AvgIpc) is 2.53. The first kappa shape index (κ1) is 10.1. The summed E-state index contributed by atoms with van der Waals surface area (Å²) >= 11 is 1.79. The van der Waals surface area contributed by atoms with E-state index >= 15 is 0 Å². The summed E-state index contributed by atoms with van der Waals surface area (Å²) in [6, 6.07) is 0. The van der Waals surface area contributed by atoms with Gasteiger partial charge in [0.05, 0.1) is 0 Å². The van der Waals surface area contributed by atoms with Crippen LogP contribution in [0.3, 0.4) is 0 Å². The monoisotopic (exact) mass is 187 g/mol. The molecular weight excluding hydrogens is 170 g/mol. The Balaban J connectivity index is 2.64. The van der Waals surface area contributed by atoms with Gasteiger partial charge in [-0.1, -0.05) is 20.3 Å². The third-order valence-electron chi connectivity index (χ3n) is 2.23. The standard InChI is InChI=1S/C9H17NOS/c1-3-5-9(8(11)4-2)10-6-7-12-9/h10H,3-7H2,1-2H3. The maximum atomic E-state index is 11.6. The molecule has 2 nitrogen and oxygen atoms in total. The summed E-state index contributed by atoms with van der Waals surface area (Å²) in [6.45, 7) is 5.06. The zero-order chi connectivity index (χ0) is 9.03. The van der Waals surface area contributed by atoms with Gasteiger partial charge in [-0.25, -0.2) is 0 Å². The van der Waals surface area contributed by atoms with Crippen LogP contribution in [-0.4, -0.2) is 23.0 Å². The summed E-state index contributed by atoms with van der Waals surface area (Å²) in [5.41, 5.74) is 0. The molecular formula is C9H17NOS. The van der Waals surface area contributed by atoms with Crippen LogP contribution in [-0.2, 0) is 4.79 Å². The van der Waals surface area contributed by atoms with Crippen molar-refractivity contribution in [1.82, 2.24) is 5.32 Å². The van der Waals surface area contributed by atoms with Crippen molar-refractivity contribution in [2.75, 3.05) is 12.3 Å². The van der Waals surface area contributed by atoms with Crippen molar-refractivity contribution >= 4 is 17.5 Å². The normalized spacial score (nSPS) is 29.2. The molecule has 0 aromatic carbocycles. The molecule has 1 rings (SSSR count). The summed E-state index contributed by atoms with van der Waals surface area (Å²) in [7, 11) is 0. The van der Waals surface area contributed by atoms with Crippen molar-refractivity contribution in [3.63, 3.8) is 0 Å². The van der Waals surface area contributed by atoms with Gasteiger partial charge in [-0.05, 0) is 6.42 Å². The number of ketones is 1. The van der Waals surface area contributed by atoms with E-state index in [-0.39, 0.29) is 4.87 Å². The number of carbonyl (C=O) groups is 1. The maximum Gasteiger partial charge on any atom is 0.162 e. The molecule has 0 saturated carbocycles. The molecule has 3 heteroatoms. The van der Waals surface area contributed by atoms with E-state index in [1.165, 1.54) is 0 Å². The summed E-state index contributed by atoms with van der Waals surface area (Å²) in [6.07, 6.45) is 2.70. The van der Waals surface area contributed by atoms with E-state index in [2.05, 4.69) is 12.2 Å². The fraction of sp³-hybridized carbons (Fsp3) is 0.889. The molecule has 1 aliphatic rings. The van der Waals surface area contributed by atoms with Gasteiger partial charge in [0.25, 0.3) is 0 Å². The smallest absolute Gasteiger partial charge is 0.162 e. The topological polar surface area (TPSA) is 29.1 Å². The largest absolute Gasteiger partial charge is 0.297 e. The molecule has 0 amide bonds. The van der Waals surface area contributed by atoms with E-state index in [1.54, 1.807) is 11.8 Å². The SMILES string of the molecule is CCCC1(C(=O)CC)NCCS1. The third-order valence-corrected chi connectivity index (χ3v) is 3.71. The Hall–Kier alpha value is -0.0200. The second-order valence-electron chi connectivity index (χ2n) is 3.13. The second kappa shape index (κ2) is 4.28. The lowest BCUT2D eigenvalue weighted by Crippen LogP contribution is -2.44. The molecule has 1 N–H and O–H groups in total. The van der Waals surface area contributed by atoms with E-state index in [0.717, 1.165) is 25.1 Å². The number of hydrogen-bond acceptors (Lipinski definition) is 3. The van der Waals surface area contributed by atoms with Crippen molar-refractivity contribution in [1.29, 1.82) is 0 Å². The minimum Gasteiger partial charge on any atom is -0.297 e. The van der Waals surface area contributed by atoms with Crippen molar-refractivity contribution in [2.45, 2.75) is 38.0 Å². The van der Waals surface area contributed by atoms with Crippen LogP contribution in [0.4, 0.5) is 0 Å². The maximum absolute atomic E-state index is 11.6. The highest BCUT2D eigenvalue weighted by Crippen LogP contribution is 2.33. The van der Waals surface area contributed by atoms with Gasteiger partial charge in [0, 0.05) is 18.7 Å². The van der Waals surface area contributed by atoms with Crippen LogP contribution in [0.2, 0.25) is 0 Å². The van der Waals surface area contributed by atoms with E-state index in [0.29, 0.717) is 12.2 Å². The number of thioether (sulfide) groups is 1. The van der Waals surface area contributed by atoms with Crippen LogP contribution in [0, 0.1) is 0 Å². The lowest BCUT2D eigenvalue weighted by molar-refractivity contribution is -0.121. The molecule has 1 atom stereocenters. The Labute approximate surface area is 78.5 Å². The molecule has 0 aromatic heterocycles. The molecule has 0 aromatic rings. The van der Waals surface area contributed by atoms with E-state index in [4.69, 9.17) is 0 Å². The minimum atomic E-state index is -0.219. The zero-order valence-electron chi connectivity index (χ0n) is 7.85. The summed E-state index contributed by atoms with van der Waals surface area (Å²) < 4.78 is 0. The first-order valence-corrected chi connectivity index (χ1v) is 5.66.